The van der Waals surface area contributed by atoms with Crippen LogP contribution in [0, 0.1) is 0 Å². The van der Waals surface area contributed by atoms with Crippen molar-refractivity contribution in [2.24, 2.45) is 5.73 Å². The van der Waals surface area contributed by atoms with Crippen molar-refractivity contribution in [3.05, 3.63) is 11.1 Å². The fourth-order valence-corrected chi connectivity index (χ4v) is 2.75. The van der Waals surface area contributed by atoms with E-state index in [9.17, 15) is 0 Å². The molecule has 5 heteroatoms. The molecule has 1 saturated heterocycles. The Labute approximate surface area is 94.7 Å². The number of likely N-dealkylation sites (N-methyl/N-ethyl adjacent to an activating group) is 1. The average Bonchev–Trinajstić information content (AvgIpc) is 2.86. The Morgan fingerprint density at radius 3 is 3.00 bits per heavy atom. The molecule has 4 nitrogen and oxygen atoms in total. The molecule has 1 aliphatic rings. The summed E-state index contributed by atoms with van der Waals surface area (Å²) in [5.74, 6) is 0. The van der Waals surface area contributed by atoms with Crippen molar-refractivity contribution in [3.63, 3.8) is 0 Å². The standard InChI is InChI=1S/C10H18N4S/c1-13(2)9-3-4-14(6-9)10-12-8(5-11)7-15-10/h7,9H,3-6,11H2,1-2H3. The van der Waals surface area contributed by atoms with Crippen LogP contribution < -0.4 is 10.6 Å². The zero-order valence-electron chi connectivity index (χ0n) is 9.31. The summed E-state index contributed by atoms with van der Waals surface area (Å²) >= 11 is 1.70. The lowest BCUT2D eigenvalue weighted by atomic mass is 10.2. The third-order valence-corrected chi connectivity index (χ3v) is 3.86. The highest BCUT2D eigenvalue weighted by atomic mass is 32.1. The molecule has 0 radical (unpaired) electrons. The fourth-order valence-electron chi connectivity index (χ4n) is 1.87. The maximum atomic E-state index is 5.55. The van der Waals surface area contributed by atoms with E-state index in [2.05, 4.69) is 34.3 Å². The monoisotopic (exact) mass is 226 g/mol. The van der Waals surface area contributed by atoms with Crippen LogP contribution in [0.15, 0.2) is 5.38 Å². The second kappa shape index (κ2) is 4.47. The molecule has 84 valence electrons. The molecule has 0 spiro atoms. The minimum absolute atomic E-state index is 0.543. The summed E-state index contributed by atoms with van der Waals surface area (Å²) < 4.78 is 0. The predicted molar refractivity (Wildman–Crippen MR) is 64.3 cm³/mol. The van der Waals surface area contributed by atoms with Crippen molar-refractivity contribution in [2.45, 2.75) is 19.0 Å². The van der Waals surface area contributed by atoms with Gasteiger partial charge in [-0.25, -0.2) is 4.98 Å². The van der Waals surface area contributed by atoms with E-state index in [-0.39, 0.29) is 0 Å². The van der Waals surface area contributed by atoms with Gasteiger partial charge < -0.3 is 15.5 Å². The van der Waals surface area contributed by atoms with Gasteiger partial charge in [-0.05, 0) is 20.5 Å². The van der Waals surface area contributed by atoms with Gasteiger partial charge in [-0.15, -0.1) is 11.3 Å². The number of hydrogen-bond donors (Lipinski definition) is 1. The SMILES string of the molecule is CN(C)C1CCN(c2nc(CN)cs2)C1. The van der Waals surface area contributed by atoms with Crippen molar-refractivity contribution in [3.8, 4) is 0 Å². The first-order valence-electron chi connectivity index (χ1n) is 5.26. The van der Waals surface area contributed by atoms with Crippen LogP contribution in [0.3, 0.4) is 0 Å². The third-order valence-electron chi connectivity index (χ3n) is 2.91. The first-order valence-corrected chi connectivity index (χ1v) is 6.14. The van der Waals surface area contributed by atoms with E-state index in [0.717, 1.165) is 23.9 Å². The third kappa shape index (κ3) is 2.30. The van der Waals surface area contributed by atoms with Gasteiger partial charge in [-0.1, -0.05) is 0 Å². The number of rotatable bonds is 3. The van der Waals surface area contributed by atoms with Crippen LogP contribution in [-0.4, -0.2) is 43.1 Å². The van der Waals surface area contributed by atoms with Gasteiger partial charge in [0.1, 0.15) is 0 Å². The van der Waals surface area contributed by atoms with Crippen LogP contribution in [0.1, 0.15) is 12.1 Å². The van der Waals surface area contributed by atoms with Crippen molar-refractivity contribution in [1.29, 1.82) is 0 Å². The summed E-state index contributed by atoms with van der Waals surface area (Å²) in [4.78, 5) is 9.15. The highest BCUT2D eigenvalue weighted by molar-refractivity contribution is 7.13. The van der Waals surface area contributed by atoms with Gasteiger partial charge in [-0.2, -0.15) is 0 Å². The van der Waals surface area contributed by atoms with E-state index in [1.807, 2.05) is 0 Å². The van der Waals surface area contributed by atoms with Crippen LogP contribution in [0.4, 0.5) is 5.13 Å². The molecule has 0 amide bonds. The van der Waals surface area contributed by atoms with Gasteiger partial charge >= 0.3 is 0 Å². The molecular weight excluding hydrogens is 208 g/mol. The molecule has 1 fully saturated rings. The number of nitrogens with zero attached hydrogens (tertiary/aromatic N) is 3. The van der Waals surface area contributed by atoms with Crippen LogP contribution >= 0.6 is 11.3 Å². The molecule has 1 unspecified atom stereocenters. The second-order valence-corrected chi connectivity index (χ2v) is 5.01. The Balaban J connectivity index is 2.01. The topological polar surface area (TPSA) is 45.4 Å². The van der Waals surface area contributed by atoms with Crippen LogP contribution in [0.25, 0.3) is 0 Å². The lowest BCUT2D eigenvalue weighted by Gasteiger charge is -2.19. The molecule has 2 heterocycles. The van der Waals surface area contributed by atoms with Gasteiger partial charge in [0, 0.05) is 31.1 Å². The molecule has 1 atom stereocenters. The molecule has 0 bridgehead atoms. The molecular formula is C10H18N4S. The van der Waals surface area contributed by atoms with Crippen molar-refractivity contribution >= 4 is 16.5 Å². The number of thiazole rings is 1. The molecule has 15 heavy (non-hydrogen) atoms. The Hall–Kier alpha value is -0.650. The number of nitrogens with two attached hydrogens (primary N) is 1. The predicted octanol–water partition coefficient (Wildman–Crippen LogP) is 0.742. The molecule has 1 aromatic heterocycles. The molecule has 1 aromatic rings. The minimum atomic E-state index is 0.543. The van der Waals surface area contributed by atoms with Crippen molar-refractivity contribution in [1.82, 2.24) is 9.88 Å². The van der Waals surface area contributed by atoms with E-state index in [1.54, 1.807) is 11.3 Å². The number of aromatic nitrogens is 1. The Morgan fingerprint density at radius 1 is 1.67 bits per heavy atom. The van der Waals surface area contributed by atoms with E-state index in [1.165, 1.54) is 6.42 Å². The summed E-state index contributed by atoms with van der Waals surface area (Å²) in [6.07, 6.45) is 1.23. The lowest BCUT2D eigenvalue weighted by Crippen LogP contribution is -2.31. The van der Waals surface area contributed by atoms with Crippen molar-refractivity contribution in [2.75, 3.05) is 32.1 Å². The minimum Gasteiger partial charge on any atom is -0.346 e. The average molecular weight is 226 g/mol. The number of hydrogen-bond acceptors (Lipinski definition) is 5. The Kier molecular flexibility index (Phi) is 3.23. The quantitative estimate of drug-likeness (QED) is 0.826. The fraction of sp³-hybridized carbons (Fsp3) is 0.700. The molecule has 1 aliphatic heterocycles. The van der Waals surface area contributed by atoms with Crippen LogP contribution in [-0.2, 0) is 6.54 Å². The van der Waals surface area contributed by atoms with Crippen molar-refractivity contribution < 1.29 is 0 Å². The van der Waals surface area contributed by atoms with E-state index in [4.69, 9.17) is 5.73 Å². The van der Waals surface area contributed by atoms with Gasteiger partial charge in [0.05, 0.1) is 5.69 Å². The van der Waals surface area contributed by atoms with Gasteiger partial charge in [0.2, 0.25) is 0 Å². The molecule has 2 N–H and O–H groups in total. The molecule has 2 rings (SSSR count). The van der Waals surface area contributed by atoms with E-state index >= 15 is 0 Å². The normalized spacial score (nSPS) is 21.6. The van der Waals surface area contributed by atoms with Gasteiger partial charge in [0.15, 0.2) is 5.13 Å². The zero-order valence-corrected chi connectivity index (χ0v) is 10.1. The summed E-state index contributed by atoms with van der Waals surface area (Å²) in [6.45, 7) is 2.74. The highest BCUT2D eigenvalue weighted by Crippen LogP contribution is 2.25. The zero-order chi connectivity index (χ0) is 10.8. The summed E-state index contributed by atoms with van der Waals surface area (Å²) in [7, 11) is 4.28. The number of anilines is 1. The highest BCUT2D eigenvalue weighted by Gasteiger charge is 2.25. The molecule has 0 saturated carbocycles. The van der Waals surface area contributed by atoms with Crippen LogP contribution in [0.2, 0.25) is 0 Å². The maximum Gasteiger partial charge on any atom is 0.185 e. The van der Waals surface area contributed by atoms with Gasteiger partial charge in [-0.3, -0.25) is 0 Å². The van der Waals surface area contributed by atoms with Crippen LogP contribution in [0.5, 0.6) is 0 Å². The summed E-state index contributed by atoms with van der Waals surface area (Å²) in [5.41, 5.74) is 6.56. The largest absolute Gasteiger partial charge is 0.346 e. The van der Waals surface area contributed by atoms with E-state index in [0.29, 0.717) is 12.6 Å². The molecule has 0 aliphatic carbocycles. The second-order valence-electron chi connectivity index (χ2n) is 4.18. The van der Waals surface area contributed by atoms with Gasteiger partial charge in [0.25, 0.3) is 0 Å². The lowest BCUT2D eigenvalue weighted by molar-refractivity contribution is 0.315. The summed E-state index contributed by atoms with van der Waals surface area (Å²) in [5, 5.41) is 3.18. The Bertz CT molecular complexity index is 323. The summed E-state index contributed by atoms with van der Waals surface area (Å²) in [6, 6.07) is 0.662. The first-order chi connectivity index (χ1) is 7.20. The first kappa shape index (κ1) is 10.9. The smallest absolute Gasteiger partial charge is 0.185 e. The Morgan fingerprint density at radius 2 is 2.47 bits per heavy atom. The maximum absolute atomic E-state index is 5.55. The van der Waals surface area contributed by atoms with E-state index < -0.39 is 0 Å². The molecule has 0 aromatic carbocycles.